The number of fused-ring (bicyclic) bond motifs is 7. The van der Waals surface area contributed by atoms with E-state index in [1.165, 1.54) is 5.57 Å². The van der Waals surface area contributed by atoms with Gasteiger partial charge in [0.15, 0.2) is 17.3 Å². The molecule has 5 nitrogen and oxygen atoms in total. The second-order valence-corrected chi connectivity index (χ2v) is 16.8. The first-order valence-electron chi connectivity index (χ1n) is 17.4. The lowest BCUT2D eigenvalue weighted by atomic mass is 9.32. The number of Topliss-reactive ketones (excluding diaryl/α,β-unsaturated/α-hetero) is 1. The van der Waals surface area contributed by atoms with E-state index >= 15 is 0 Å². The number of hydrogen-bond donors (Lipinski definition) is 0. The second-order valence-electron chi connectivity index (χ2n) is 16.8. The maximum atomic E-state index is 14.3. The number of rotatable bonds is 5. The minimum Gasteiger partial charge on any atom is -0.493 e. The Kier molecular flexibility index (Phi) is 7.73. The summed E-state index contributed by atoms with van der Waals surface area (Å²) in [6.07, 6.45) is 11.3. The molecule has 5 aliphatic carbocycles. The molecule has 0 unspecified atom stereocenters. The van der Waals surface area contributed by atoms with E-state index < -0.39 is 5.41 Å². The molecule has 0 heterocycles. The van der Waals surface area contributed by atoms with Gasteiger partial charge in [-0.2, -0.15) is 0 Å². The Hall–Kier alpha value is -2.56. The van der Waals surface area contributed by atoms with E-state index in [-0.39, 0.29) is 33.4 Å². The van der Waals surface area contributed by atoms with Crippen molar-refractivity contribution in [2.75, 3.05) is 21.3 Å². The summed E-state index contributed by atoms with van der Waals surface area (Å²) >= 11 is 0. The van der Waals surface area contributed by atoms with Gasteiger partial charge in [-0.05, 0) is 128 Å². The van der Waals surface area contributed by atoms with Crippen LogP contribution in [0.5, 0.6) is 11.5 Å². The summed E-state index contributed by atoms with van der Waals surface area (Å²) in [5.41, 5.74) is 2.41. The number of para-hydroxylation sites is 1. The van der Waals surface area contributed by atoms with Crippen molar-refractivity contribution in [3.8, 4) is 11.5 Å². The van der Waals surface area contributed by atoms with E-state index in [1.54, 1.807) is 21.3 Å². The molecule has 0 aromatic heterocycles. The Bertz CT molecular complexity index is 1440. The van der Waals surface area contributed by atoms with Crippen LogP contribution >= 0.6 is 0 Å². The topological polar surface area (TPSA) is 61.8 Å². The number of methoxy groups -OCH3 is 3. The van der Waals surface area contributed by atoms with Gasteiger partial charge in [-0.15, -0.1) is 0 Å². The molecule has 5 saturated carbocycles. The molecule has 0 spiro atoms. The number of ether oxygens (including phenoxy) is 3. The molecule has 0 aliphatic heterocycles. The molecule has 45 heavy (non-hydrogen) atoms. The summed E-state index contributed by atoms with van der Waals surface area (Å²) in [5, 5.41) is 0. The fourth-order valence-electron chi connectivity index (χ4n) is 12.9. The molecule has 5 heteroatoms. The Balaban J connectivity index is 1.42. The monoisotopic (exact) mass is 616 g/mol. The predicted molar refractivity (Wildman–Crippen MR) is 179 cm³/mol. The molecule has 5 fully saturated rings. The highest BCUT2D eigenvalue weighted by Gasteiger charge is 2.72. The quantitative estimate of drug-likeness (QED) is 0.188. The second kappa shape index (κ2) is 10.7. The van der Waals surface area contributed by atoms with Crippen molar-refractivity contribution in [3.05, 3.63) is 41.5 Å². The summed E-state index contributed by atoms with van der Waals surface area (Å²) in [6, 6.07) is 5.89. The van der Waals surface area contributed by atoms with Gasteiger partial charge in [-0.25, -0.2) is 0 Å². The molecular weight excluding hydrogens is 560 g/mol. The Morgan fingerprint density at radius 3 is 2.27 bits per heavy atom. The third-order valence-electron chi connectivity index (χ3n) is 15.0. The van der Waals surface area contributed by atoms with Crippen molar-refractivity contribution in [2.24, 2.45) is 56.7 Å². The molecule has 5 aliphatic rings. The van der Waals surface area contributed by atoms with Crippen LogP contribution in [0.4, 0.5) is 0 Å². The van der Waals surface area contributed by atoms with Gasteiger partial charge in [-0.1, -0.05) is 58.9 Å². The highest BCUT2D eigenvalue weighted by molar-refractivity contribution is 6.04. The lowest BCUT2D eigenvalue weighted by Crippen LogP contribution is -2.67. The van der Waals surface area contributed by atoms with E-state index in [9.17, 15) is 9.59 Å². The largest absolute Gasteiger partial charge is 0.493 e. The molecule has 6 rings (SSSR count). The van der Waals surface area contributed by atoms with Crippen LogP contribution in [0.3, 0.4) is 0 Å². The molecule has 9 atom stereocenters. The third kappa shape index (κ3) is 4.23. The lowest BCUT2D eigenvalue weighted by molar-refractivity contribution is -0.232. The number of carbonyl (C=O) groups is 2. The first kappa shape index (κ1) is 32.4. The van der Waals surface area contributed by atoms with E-state index in [1.807, 2.05) is 18.2 Å². The maximum absolute atomic E-state index is 14.3. The number of hydrogen-bond acceptors (Lipinski definition) is 5. The SMILES string of the molecule is C=C(C)[C@@H]1CC[C@]2(C(=O)OC)CC[C@]3(C)[C@H](CC[C@@H]4[C@@]5(C)C/C(=C/c6cccc(OC)c6OC)C(=O)C(C)(C)[C@@H]5CC[C@]43C)[C@H]12. The molecule has 246 valence electrons. The zero-order valence-corrected chi connectivity index (χ0v) is 29.3. The third-order valence-corrected chi connectivity index (χ3v) is 15.0. The van der Waals surface area contributed by atoms with Gasteiger partial charge in [0.1, 0.15) is 0 Å². The van der Waals surface area contributed by atoms with Gasteiger partial charge < -0.3 is 14.2 Å². The lowest BCUT2D eigenvalue weighted by Gasteiger charge is -2.72. The molecular formula is C40H56O5. The first-order valence-corrected chi connectivity index (χ1v) is 17.4. The fourth-order valence-corrected chi connectivity index (χ4v) is 12.9. The molecule has 0 bridgehead atoms. The maximum Gasteiger partial charge on any atom is 0.312 e. The normalized spacial score (nSPS) is 42.6. The van der Waals surface area contributed by atoms with Crippen molar-refractivity contribution >= 4 is 17.8 Å². The Morgan fingerprint density at radius 2 is 1.62 bits per heavy atom. The average molecular weight is 617 g/mol. The van der Waals surface area contributed by atoms with Crippen LogP contribution in [0, 0.1) is 56.7 Å². The van der Waals surface area contributed by atoms with Crippen LogP contribution in [0.2, 0.25) is 0 Å². The molecule has 1 aromatic rings. The van der Waals surface area contributed by atoms with Gasteiger partial charge in [-0.3, -0.25) is 9.59 Å². The number of benzene rings is 1. The minimum atomic E-state index is -0.451. The van der Waals surface area contributed by atoms with Crippen LogP contribution in [-0.2, 0) is 14.3 Å². The van der Waals surface area contributed by atoms with E-state index in [0.29, 0.717) is 41.1 Å². The van der Waals surface area contributed by atoms with Gasteiger partial charge in [0.05, 0.1) is 26.7 Å². The Morgan fingerprint density at radius 1 is 0.889 bits per heavy atom. The van der Waals surface area contributed by atoms with Crippen molar-refractivity contribution in [1.82, 2.24) is 0 Å². The number of esters is 1. The number of allylic oxidation sites excluding steroid dienone is 2. The number of carbonyl (C=O) groups excluding carboxylic acids is 2. The summed E-state index contributed by atoms with van der Waals surface area (Å²) < 4.78 is 16.9. The van der Waals surface area contributed by atoms with Crippen LogP contribution in [0.25, 0.3) is 6.08 Å². The van der Waals surface area contributed by atoms with Crippen molar-refractivity contribution in [3.63, 3.8) is 0 Å². The van der Waals surface area contributed by atoms with Crippen LogP contribution in [-0.4, -0.2) is 33.1 Å². The standard InChI is InChI=1S/C40H56O5/c1-24(2)27-16-19-40(35(42)45-10)21-20-38(6)28(32(27)40)14-15-31-37(5)23-26(22-25-12-11-13-29(43-8)33(25)44-9)34(41)36(3,4)30(37)17-18-39(31,38)7/h11-13,22,27-28,30-32H,1,14-21,23H2,2-10H3/b26-22-/t27-,28+,30-,31+,32-,37-,38+,39+,40-/m0/s1. The van der Waals surface area contributed by atoms with Gasteiger partial charge in [0.25, 0.3) is 0 Å². The first-order chi connectivity index (χ1) is 21.2. The zero-order chi connectivity index (χ0) is 32.7. The van der Waals surface area contributed by atoms with Crippen molar-refractivity contribution in [1.29, 1.82) is 0 Å². The molecule has 1 aromatic carbocycles. The van der Waals surface area contributed by atoms with E-state index in [4.69, 9.17) is 14.2 Å². The van der Waals surface area contributed by atoms with E-state index in [2.05, 4.69) is 54.2 Å². The van der Waals surface area contributed by atoms with Crippen molar-refractivity contribution < 1.29 is 23.8 Å². The molecule has 0 amide bonds. The summed E-state index contributed by atoms with van der Waals surface area (Å²) in [6.45, 7) is 18.7. The van der Waals surface area contributed by atoms with Gasteiger partial charge in [0.2, 0.25) is 0 Å². The highest BCUT2D eigenvalue weighted by Crippen LogP contribution is 2.77. The van der Waals surface area contributed by atoms with Crippen molar-refractivity contribution in [2.45, 2.75) is 99.3 Å². The minimum absolute atomic E-state index is 0.0107. The summed E-state index contributed by atoms with van der Waals surface area (Å²) in [7, 11) is 4.89. The van der Waals surface area contributed by atoms with Gasteiger partial charge in [0, 0.05) is 11.0 Å². The van der Waals surface area contributed by atoms with Gasteiger partial charge >= 0.3 is 5.97 Å². The van der Waals surface area contributed by atoms with Crippen LogP contribution < -0.4 is 9.47 Å². The smallest absolute Gasteiger partial charge is 0.312 e. The molecule has 0 radical (unpaired) electrons. The Labute approximate surface area is 271 Å². The number of ketones is 1. The summed E-state index contributed by atoms with van der Waals surface area (Å²) in [4.78, 5) is 27.9. The zero-order valence-electron chi connectivity index (χ0n) is 29.3. The molecule has 0 saturated heterocycles. The molecule has 0 N–H and O–H groups in total. The van der Waals surface area contributed by atoms with E-state index in [0.717, 1.165) is 68.9 Å². The average Bonchev–Trinajstić information content (AvgIpc) is 3.41. The predicted octanol–water partition coefficient (Wildman–Crippen LogP) is 9.10. The fraction of sp³-hybridized carbons (Fsp3) is 0.700. The van der Waals surface area contributed by atoms with Crippen LogP contribution in [0.15, 0.2) is 35.9 Å². The summed E-state index contributed by atoms with van der Waals surface area (Å²) in [5.74, 6) is 3.58. The van der Waals surface area contributed by atoms with Crippen LogP contribution in [0.1, 0.15) is 105 Å². The highest BCUT2D eigenvalue weighted by atomic mass is 16.5.